The Morgan fingerprint density at radius 2 is 2.15 bits per heavy atom. The number of allylic oxidation sites excluding steroid dienone is 1. The Bertz CT molecular complexity index is 258. The zero-order valence-electron chi connectivity index (χ0n) is 7.81. The number of esters is 1. The van der Waals surface area contributed by atoms with Crippen molar-refractivity contribution in [1.82, 2.24) is 0 Å². The van der Waals surface area contributed by atoms with Crippen LogP contribution >= 0.6 is 7.60 Å². The van der Waals surface area contributed by atoms with Crippen LogP contribution in [0.4, 0.5) is 0 Å². The first-order valence-electron chi connectivity index (χ1n) is 3.68. The molecule has 76 valence electrons. The summed E-state index contributed by atoms with van der Waals surface area (Å²) < 4.78 is 19.9. The molecule has 0 aromatic heterocycles. The van der Waals surface area contributed by atoms with E-state index in [1.807, 2.05) is 0 Å². The van der Waals surface area contributed by atoms with Crippen LogP contribution in [0, 0.1) is 0 Å². The lowest BCUT2D eigenvalue weighted by Gasteiger charge is -2.07. The highest BCUT2D eigenvalue weighted by Crippen LogP contribution is 2.49. The average Bonchev–Trinajstić information content (AvgIpc) is 2.04. The van der Waals surface area contributed by atoms with E-state index < -0.39 is 13.6 Å². The first-order chi connectivity index (χ1) is 5.94. The third-order valence-electron chi connectivity index (χ3n) is 1.31. The molecule has 0 spiro atoms. The summed E-state index contributed by atoms with van der Waals surface area (Å²) in [6.45, 7) is 3.21. The Balaban J connectivity index is 4.49. The summed E-state index contributed by atoms with van der Waals surface area (Å²) in [4.78, 5) is 19.9. The van der Waals surface area contributed by atoms with Crippen molar-refractivity contribution in [3.8, 4) is 0 Å². The van der Waals surface area contributed by atoms with Crippen molar-refractivity contribution >= 4 is 13.6 Å². The smallest absolute Gasteiger partial charge is 0.354 e. The van der Waals surface area contributed by atoms with E-state index in [9.17, 15) is 9.36 Å². The minimum Gasteiger partial charge on any atom is -0.463 e. The summed E-state index contributed by atoms with van der Waals surface area (Å²) in [5.41, 5.74) is 0. The van der Waals surface area contributed by atoms with E-state index in [-0.39, 0.29) is 11.9 Å². The standard InChI is InChI=1S/C7H13O5P/c1-4-12-7(8)5-6(2)13(9,10)11-3/h5H,4H2,1-3H3,(H,9,10). The van der Waals surface area contributed by atoms with Gasteiger partial charge in [0.1, 0.15) is 0 Å². The van der Waals surface area contributed by atoms with Gasteiger partial charge >= 0.3 is 13.6 Å². The van der Waals surface area contributed by atoms with Crippen molar-refractivity contribution < 1.29 is 23.5 Å². The maximum atomic E-state index is 11.1. The average molecular weight is 208 g/mol. The van der Waals surface area contributed by atoms with Crippen molar-refractivity contribution in [2.24, 2.45) is 0 Å². The fourth-order valence-electron chi connectivity index (χ4n) is 0.580. The van der Waals surface area contributed by atoms with E-state index in [0.29, 0.717) is 0 Å². The van der Waals surface area contributed by atoms with Crippen LogP contribution in [-0.4, -0.2) is 24.6 Å². The van der Waals surface area contributed by atoms with Crippen molar-refractivity contribution in [1.29, 1.82) is 0 Å². The molecule has 0 aromatic rings. The van der Waals surface area contributed by atoms with Gasteiger partial charge in [-0.3, -0.25) is 4.57 Å². The van der Waals surface area contributed by atoms with E-state index in [0.717, 1.165) is 13.2 Å². The lowest BCUT2D eigenvalue weighted by atomic mass is 10.5. The lowest BCUT2D eigenvalue weighted by Crippen LogP contribution is -2.00. The van der Waals surface area contributed by atoms with Crippen molar-refractivity contribution in [2.75, 3.05) is 13.7 Å². The summed E-state index contributed by atoms with van der Waals surface area (Å²) in [6, 6.07) is 0. The third-order valence-corrected chi connectivity index (χ3v) is 2.82. The van der Waals surface area contributed by atoms with Crippen molar-refractivity contribution in [3.05, 3.63) is 11.4 Å². The van der Waals surface area contributed by atoms with Gasteiger partial charge in [0.2, 0.25) is 0 Å². The largest absolute Gasteiger partial charge is 0.463 e. The molecule has 13 heavy (non-hydrogen) atoms. The molecule has 0 aromatic carbocycles. The predicted molar refractivity (Wildman–Crippen MR) is 47.2 cm³/mol. The monoisotopic (exact) mass is 208 g/mol. The maximum absolute atomic E-state index is 11.1. The van der Waals surface area contributed by atoms with Gasteiger partial charge in [0, 0.05) is 18.5 Å². The van der Waals surface area contributed by atoms with Crippen LogP contribution in [0.15, 0.2) is 11.4 Å². The molecule has 1 N–H and O–H groups in total. The van der Waals surface area contributed by atoms with Crippen LogP contribution in [0.2, 0.25) is 0 Å². The van der Waals surface area contributed by atoms with Gasteiger partial charge < -0.3 is 14.2 Å². The van der Waals surface area contributed by atoms with Gasteiger partial charge in [0.15, 0.2) is 0 Å². The number of hydrogen-bond acceptors (Lipinski definition) is 4. The van der Waals surface area contributed by atoms with Crippen LogP contribution < -0.4 is 0 Å². The molecule has 0 heterocycles. The van der Waals surface area contributed by atoms with Crippen LogP contribution in [0.25, 0.3) is 0 Å². The number of hydrogen-bond donors (Lipinski definition) is 1. The predicted octanol–water partition coefficient (Wildman–Crippen LogP) is 1.29. The second-order valence-electron chi connectivity index (χ2n) is 2.24. The molecule has 1 atom stereocenters. The van der Waals surface area contributed by atoms with Gasteiger partial charge in [-0.05, 0) is 13.8 Å². The molecular formula is C7H13O5P. The van der Waals surface area contributed by atoms with Gasteiger partial charge in [0.25, 0.3) is 0 Å². The van der Waals surface area contributed by atoms with E-state index >= 15 is 0 Å². The highest BCUT2D eigenvalue weighted by molar-refractivity contribution is 7.57. The number of carbonyl (C=O) groups is 1. The highest BCUT2D eigenvalue weighted by Gasteiger charge is 2.20. The SMILES string of the molecule is CCOC(=O)C=C(C)P(=O)(O)OC. The zero-order chi connectivity index (χ0) is 10.5. The highest BCUT2D eigenvalue weighted by atomic mass is 31.2. The molecule has 0 rings (SSSR count). The summed E-state index contributed by atoms with van der Waals surface area (Å²) in [5.74, 6) is -0.647. The van der Waals surface area contributed by atoms with Crippen molar-refractivity contribution in [3.63, 3.8) is 0 Å². The van der Waals surface area contributed by atoms with E-state index in [4.69, 9.17) is 4.89 Å². The summed E-state index contributed by atoms with van der Waals surface area (Å²) >= 11 is 0. The Morgan fingerprint density at radius 3 is 2.54 bits per heavy atom. The van der Waals surface area contributed by atoms with Gasteiger partial charge in [0.05, 0.1) is 6.61 Å². The minimum atomic E-state index is -3.78. The Hall–Kier alpha value is -0.640. The molecule has 0 aliphatic carbocycles. The summed E-state index contributed by atoms with van der Waals surface area (Å²) in [6.07, 6.45) is 0.952. The van der Waals surface area contributed by atoms with Gasteiger partial charge in [-0.2, -0.15) is 0 Å². The van der Waals surface area contributed by atoms with Crippen LogP contribution in [-0.2, 0) is 18.6 Å². The fraction of sp³-hybridized carbons (Fsp3) is 0.571. The third kappa shape index (κ3) is 4.22. The molecule has 5 nitrogen and oxygen atoms in total. The first kappa shape index (κ1) is 12.4. The quantitative estimate of drug-likeness (QED) is 0.428. The van der Waals surface area contributed by atoms with Crippen LogP contribution in [0.3, 0.4) is 0 Å². The van der Waals surface area contributed by atoms with Gasteiger partial charge in [-0.15, -0.1) is 0 Å². The minimum absolute atomic E-state index is 0.0338. The Morgan fingerprint density at radius 1 is 1.62 bits per heavy atom. The van der Waals surface area contributed by atoms with Crippen molar-refractivity contribution in [2.45, 2.75) is 13.8 Å². The molecule has 6 heteroatoms. The molecule has 0 amide bonds. The molecule has 0 radical (unpaired) electrons. The Kier molecular flexibility index (Phi) is 4.91. The topological polar surface area (TPSA) is 72.8 Å². The molecule has 0 bridgehead atoms. The molecule has 0 saturated carbocycles. The molecule has 0 aliphatic rings. The first-order valence-corrected chi connectivity index (χ1v) is 5.26. The summed E-state index contributed by atoms with van der Waals surface area (Å²) in [5, 5.41) is -0.0338. The van der Waals surface area contributed by atoms with Crippen LogP contribution in [0.1, 0.15) is 13.8 Å². The van der Waals surface area contributed by atoms with Gasteiger partial charge in [-0.1, -0.05) is 0 Å². The van der Waals surface area contributed by atoms with E-state index in [1.165, 1.54) is 6.92 Å². The fourth-order valence-corrected chi connectivity index (χ4v) is 1.14. The molecule has 1 unspecified atom stereocenters. The Labute approximate surface area is 76.9 Å². The number of carbonyl (C=O) groups excluding carboxylic acids is 1. The zero-order valence-corrected chi connectivity index (χ0v) is 8.71. The van der Waals surface area contributed by atoms with E-state index in [2.05, 4.69) is 9.26 Å². The summed E-state index contributed by atoms with van der Waals surface area (Å²) in [7, 11) is -2.68. The number of ether oxygens (including phenoxy) is 1. The normalized spacial score (nSPS) is 16.5. The van der Waals surface area contributed by atoms with Gasteiger partial charge in [-0.25, -0.2) is 4.79 Å². The van der Waals surface area contributed by atoms with Crippen LogP contribution in [0.5, 0.6) is 0 Å². The molecular weight excluding hydrogens is 195 g/mol. The van der Waals surface area contributed by atoms with E-state index in [1.54, 1.807) is 6.92 Å². The second-order valence-corrected chi connectivity index (χ2v) is 4.35. The molecule has 0 fully saturated rings. The molecule has 0 aliphatic heterocycles. The second kappa shape index (κ2) is 5.17. The maximum Gasteiger partial charge on any atom is 0.354 e. The number of rotatable bonds is 4. The lowest BCUT2D eigenvalue weighted by molar-refractivity contribution is -0.137. The molecule has 0 saturated heterocycles.